The highest BCUT2D eigenvalue weighted by atomic mass is 16.3. The summed E-state index contributed by atoms with van der Waals surface area (Å²) in [4.78, 5) is 0. The van der Waals surface area contributed by atoms with Crippen LogP contribution in [0.15, 0.2) is 42.5 Å². The first-order valence-corrected chi connectivity index (χ1v) is 7.15. The first-order valence-electron chi connectivity index (χ1n) is 7.15. The lowest BCUT2D eigenvalue weighted by Gasteiger charge is -2.14. The molecule has 0 radical (unpaired) electrons. The highest BCUT2D eigenvalue weighted by Gasteiger charge is 2.09. The molecular formula is C18H23NO. The van der Waals surface area contributed by atoms with Gasteiger partial charge in [0.2, 0.25) is 0 Å². The van der Waals surface area contributed by atoms with Gasteiger partial charge in [0.15, 0.2) is 0 Å². The van der Waals surface area contributed by atoms with Gasteiger partial charge in [0.05, 0.1) is 0 Å². The van der Waals surface area contributed by atoms with Gasteiger partial charge < -0.3 is 10.4 Å². The monoisotopic (exact) mass is 269 g/mol. The summed E-state index contributed by atoms with van der Waals surface area (Å²) in [5, 5.41) is 13.4. The minimum Gasteiger partial charge on any atom is -0.508 e. The van der Waals surface area contributed by atoms with Gasteiger partial charge in [-0.3, -0.25) is 0 Å². The van der Waals surface area contributed by atoms with E-state index in [1.165, 1.54) is 11.1 Å². The van der Waals surface area contributed by atoms with Crippen molar-refractivity contribution in [1.29, 1.82) is 0 Å². The second kappa shape index (κ2) is 6.58. The SMILES string of the molecule is Cc1cc(O)c(C(C)C)cc1CNCc1ccccc1. The maximum Gasteiger partial charge on any atom is 0.119 e. The first-order chi connectivity index (χ1) is 9.58. The molecule has 2 aromatic rings. The fourth-order valence-corrected chi connectivity index (χ4v) is 2.35. The molecule has 0 aliphatic heterocycles. The predicted octanol–water partition coefficient (Wildman–Crippen LogP) is 4.11. The van der Waals surface area contributed by atoms with Crippen molar-refractivity contribution in [3.05, 3.63) is 64.7 Å². The van der Waals surface area contributed by atoms with Crippen molar-refractivity contribution in [1.82, 2.24) is 5.32 Å². The second-order valence-electron chi connectivity index (χ2n) is 5.58. The molecule has 0 saturated heterocycles. The van der Waals surface area contributed by atoms with E-state index >= 15 is 0 Å². The van der Waals surface area contributed by atoms with Crippen molar-refractivity contribution in [2.75, 3.05) is 0 Å². The van der Waals surface area contributed by atoms with E-state index in [4.69, 9.17) is 0 Å². The summed E-state index contributed by atoms with van der Waals surface area (Å²) in [5.41, 5.74) is 4.69. The summed E-state index contributed by atoms with van der Waals surface area (Å²) in [6, 6.07) is 14.4. The third kappa shape index (κ3) is 3.61. The summed E-state index contributed by atoms with van der Waals surface area (Å²) < 4.78 is 0. The molecule has 0 atom stereocenters. The average molecular weight is 269 g/mol. The molecular weight excluding hydrogens is 246 g/mol. The van der Waals surface area contributed by atoms with E-state index in [0.29, 0.717) is 11.7 Å². The lowest BCUT2D eigenvalue weighted by atomic mass is 9.96. The van der Waals surface area contributed by atoms with Crippen LogP contribution in [0.4, 0.5) is 0 Å². The number of phenols is 1. The largest absolute Gasteiger partial charge is 0.508 e. The smallest absolute Gasteiger partial charge is 0.119 e. The van der Waals surface area contributed by atoms with E-state index < -0.39 is 0 Å². The number of nitrogens with one attached hydrogen (secondary N) is 1. The molecule has 2 rings (SSSR count). The highest BCUT2D eigenvalue weighted by Crippen LogP contribution is 2.28. The van der Waals surface area contributed by atoms with Crippen LogP contribution in [-0.2, 0) is 13.1 Å². The van der Waals surface area contributed by atoms with Gasteiger partial charge in [-0.2, -0.15) is 0 Å². The maximum absolute atomic E-state index is 9.97. The number of phenolic OH excluding ortho intramolecular Hbond substituents is 1. The third-order valence-corrected chi connectivity index (χ3v) is 3.59. The molecule has 0 aliphatic carbocycles. The van der Waals surface area contributed by atoms with Crippen LogP contribution < -0.4 is 5.32 Å². The molecule has 0 bridgehead atoms. The van der Waals surface area contributed by atoms with Crippen molar-refractivity contribution in [2.24, 2.45) is 0 Å². The van der Waals surface area contributed by atoms with Gasteiger partial charge in [-0.15, -0.1) is 0 Å². The summed E-state index contributed by atoms with van der Waals surface area (Å²) >= 11 is 0. The Bertz CT molecular complexity index is 561. The van der Waals surface area contributed by atoms with Crippen LogP contribution in [0.3, 0.4) is 0 Å². The van der Waals surface area contributed by atoms with Gasteiger partial charge in [-0.1, -0.05) is 50.2 Å². The van der Waals surface area contributed by atoms with E-state index in [-0.39, 0.29) is 0 Å². The molecule has 0 fully saturated rings. The molecule has 0 heterocycles. The number of benzene rings is 2. The zero-order chi connectivity index (χ0) is 14.5. The molecule has 0 amide bonds. The molecule has 0 aliphatic rings. The van der Waals surface area contributed by atoms with Crippen LogP contribution in [0, 0.1) is 6.92 Å². The van der Waals surface area contributed by atoms with Gasteiger partial charge in [0, 0.05) is 13.1 Å². The van der Waals surface area contributed by atoms with Crippen LogP contribution in [0.2, 0.25) is 0 Å². The number of aromatic hydroxyl groups is 1. The van der Waals surface area contributed by atoms with Crippen LogP contribution >= 0.6 is 0 Å². The van der Waals surface area contributed by atoms with Crippen molar-refractivity contribution >= 4 is 0 Å². The predicted molar refractivity (Wildman–Crippen MR) is 83.9 cm³/mol. The molecule has 0 saturated carbocycles. The summed E-state index contributed by atoms with van der Waals surface area (Å²) in [6.45, 7) is 7.93. The number of aryl methyl sites for hydroxylation is 1. The number of hydrogen-bond acceptors (Lipinski definition) is 2. The average Bonchev–Trinajstić information content (AvgIpc) is 2.42. The van der Waals surface area contributed by atoms with Crippen molar-refractivity contribution in [2.45, 2.75) is 39.8 Å². The maximum atomic E-state index is 9.97. The van der Waals surface area contributed by atoms with Gasteiger partial charge in [0.25, 0.3) is 0 Å². The standard InChI is InChI=1S/C18H23NO/c1-13(2)17-10-16(14(3)9-18(17)20)12-19-11-15-7-5-4-6-8-15/h4-10,13,19-20H,11-12H2,1-3H3. The highest BCUT2D eigenvalue weighted by molar-refractivity contribution is 5.43. The summed E-state index contributed by atoms with van der Waals surface area (Å²) in [5.74, 6) is 0.743. The number of rotatable bonds is 5. The van der Waals surface area contributed by atoms with Gasteiger partial charge in [0.1, 0.15) is 5.75 Å². The molecule has 106 valence electrons. The molecule has 2 nitrogen and oxygen atoms in total. The Labute approximate surface area is 121 Å². The molecule has 2 aromatic carbocycles. The molecule has 0 unspecified atom stereocenters. The topological polar surface area (TPSA) is 32.3 Å². The van der Waals surface area contributed by atoms with Crippen LogP contribution in [0.5, 0.6) is 5.75 Å². The normalized spacial score (nSPS) is 11.0. The third-order valence-electron chi connectivity index (χ3n) is 3.59. The zero-order valence-electron chi connectivity index (χ0n) is 12.5. The van der Waals surface area contributed by atoms with E-state index in [1.54, 1.807) is 0 Å². The van der Waals surface area contributed by atoms with E-state index in [9.17, 15) is 5.11 Å². The van der Waals surface area contributed by atoms with Crippen molar-refractivity contribution in [3.8, 4) is 5.75 Å². The number of hydrogen-bond donors (Lipinski definition) is 2. The van der Waals surface area contributed by atoms with Crippen LogP contribution in [-0.4, -0.2) is 5.11 Å². The summed E-state index contributed by atoms with van der Waals surface area (Å²) in [6.07, 6.45) is 0. The van der Waals surface area contributed by atoms with E-state index in [0.717, 1.165) is 24.2 Å². The fraction of sp³-hybridized carbons (Fsp3) is 0.333. The van der Waals surface area contributed by atoms with E-state index in [1.807, 2.05) is 19.1 Å². The Morgan fingerprint density at radius 1 is 1.05 bits per heavy atom. The molecule has 0 aromatic heterocycles. The molecule has 2 N–H and O–H groups in total. The quantitative estimate of drug-likeness (QED) is 0.856. The first kappa shape index (κ1) is 14.6. The van der Waals surface area contributed by atoms with Crippen LogP contribution in [0.25, 0.3) is 0 Å². The minimum atomic E-state index is 0.337. The van der Waals surface area contributed by atoms with Gasteiger partial charge in [-0.25, -0.2) is 0 Å². The van der Waals surface area contributed by atoms with Gasteiger partial charge >= 0.3 is 0 Å². The lowest BCUT2D eigenvalue weighted by molar-refractivity contribution is 0.463. The van der Waals surface area contributed by atoms with Crippen molar-refractivity contribution in [3.63, 3.8) is 0 Å². The Morgan fingerprint density at radius 2 is 1.75 bits per heavy atom. The second-order valence-corrected chi connectivity index (χ2v) is 5.58. The van der Waals surface area contributed by atoms with Gasteiger partial charge in [-0.05, 0) is 41.2 Å². The van der Waals surface area contributed by atoms with E-state index in [2.05, 4.69) is 49.5 Å². The Hall–Kier alpha value is -1.80. The minimum absolute atomic E-state index is 0.337. The molecule has 2 heteroatoms. The summed E-state index contributed by atoms with van der Waals surface area (Å²) in [7, 11) is 0. The zero-order valence-corrected chi connectivity index (χ0v) is 12.5. The molecule has 20 heavy (non-hydrogen) atoms. The Morgan fingerprint density at radius 3 is 2.40 bits per heavy atom. The molecule has 0 spiro atoms. The lowest BCUT2D eigenvalue weighted by Crippen LogP contribution is -2.13. The Balaban J connectivity index is 2.04. The Kier molecular flexibility index (Phi) is 4.80. The van der Waals surface area contributed by atoms with Crippen molar-refractivity contribution < 1.29 is 5.11 Å². The fourth-order valence-electron chi connectivity index (χ4n) is 2.35. The van der Waals surface area contributed by atoms with Crippen LogP contribution in [0.1, 0.15) is 42.0 Å².